The number of carboxylic acid groups (broad SMARTS) is 1. The van der Waals surface area contributed by atoms with Gasteiger partial charge in [0, 0.05) is 42.1 Å². The van der Waals surface area contributed by atoms with E-state index >= 15 is 0 Å². The van der Waals surface area contributed by atoms with Crippen LogP contribution < -0.4 is 10.1 Å². The number of aromatic nitrogens is 2. The molecular weight excluding hydrogens is 370 g/mol. The minimum absolute atomic E-state index is 0.132. The van der Waals surface area contributed by atoms with Gasteiger partial charge in [0.25, 0.3) is 0 Å². The average molecular weight is 397 g/mol. The van der Waals surface area contributed by atoms with Crippen LogP contribution in [-0.4, -0.2) is 44.8 Å². The van der Waals surface area contributed by atoms with Gasteiger partial charge in [0.05, 0.1) is 11.6 Å². The first-order valence-corrected chi connectivity index (χ1v) is 9.79. The second-order valence-electron chi connectivity index (χ2n) is 7.16. The summed E-state index contributed by atoms with van der Waals surface area (Å²) in [5.41, 5.74) is 2.68. The van der Waals surface area contributed by atoms with Gasteiger partial charge in [0.1, 0.15) is 5.75 Å². The van der Waals surface area contributed by atoms with E-state index in [1.165, 1.54) is 0 Å². The molecule has 4 N–H and O–H groups in total. The Hall–Kier alpha value is -2.90. The van der Waals surface area contributed by atoms with Crippen LogP contribution in [0.1, 0.15) is 37.5 Å². The molecule has 0 radical (unpaired) electrons. The van der Waals surface area contributed by atoms with E-state index in [9.17, 15) is 15.0 Å². The molecular formula is C22H27N3O4. The number of nitrogens with one attached hydrogen (secondary N) is 2. The van der Waals surface area contributed by atoms with Crippen molar-refractivity contribution in [1.29, 1.82) is 0 Å². The van der Waals surface area contributed by atoms with Crippen molar-refractivity contribution in [1.82, 2.24) is 15.3 Å². The summed E-state index contributed by atoms with van der Waals surface area (Å²) >= 11 is 0. The summed E-state index contributed by atoms with van der Waals surface area (Å²) in [5.74, 6) is -0.433. The lowest BCUT2D eigenvalue weighted by Crippen LogP contribution is -2.32. The fourth-order valence-electron chi connectivity index (χ4n) is 3.32. The highest BCUT2D eigenvalue weighted by Gasteiger charge is 2.19. The van der Waals surface area contributed by atoms with Gasteiger partial charge in [-0.15, -0.1) is 0 Å². The van der Waals surface area contributed by atoms with E-state index in [1.54, 1.807) is 31.5 Å². The number of hydrogen-bond acceptors (Lipinski definition) is 5. The van der Waals surface area contributed by atoms with E-state index in [0.29, 0.717) is 18.7 Å². The number of aliphatic hydroxyl groups excluding tert-OH is 1. The lowest BCUT2D eigenvalue weighted by Gasteiger charge is -2.17. The van der Waals surface area contributed by atoms with Crippen molar-refractivity contribution in [3.05, 3.63) is 60.0 Å². The van der Waals surface area contributed by atoms with Gasteiger partial charge in [0.15, 0.2) is 6.10 Å². The fourth-order valence-corrected chi connectivity index (χ4v) is 3.32. The second-order valence-corrected chi connectivity index (χ2v) is 7.16. The first kappa shape index (κ1) is 20.8. The molecule has 2 heterocycles. The molecule has 0 aliphatic heterocycles. The van der Waals surface area contributed by atoms with E-state index in [4.69, 9.17) is 4.74 Å². The molecule has 0 saturated carbocycles. The third kappa shape index (κ3) is 5.13. The van der Waals surface area contributed by atoms with E-state index in [2.05, 4.69) is 22.2 Å². The van der Waals surface area contributed by atoms with Gasteiger partial charge >= 0.3 is 5.97 Å². The van der Waals surface area contributed by atoms with E-state index < -0.39 is 18.2 Å². The van der Waals surface area contributed by atoms with Crippen molar-refractivity contribution in [3.63, 3.8) is 0 Å². The maximum atomic E-state index is 11.3. The van der Waals surface area contributed by atoms with Crippen LogP contribution in [0.3, 0.4) is 0 Å². The number of aromatic amines is 1. The Labute approximate surface area is 169 Å². The molecule has 1 unspecified atom stereocenters. The Morgan fingerprint density at radius 1 is 1.31 bits per heavy atom. The van der Waals surface area contributed by atoms with Gasteiger partial charge in [-0.25, -0.2) is 4.79 Å². The Morgan fingerprint density at radius 2 is 2.14 bits per heavy atom. The molecule has 7 nitrogen and oxygen atoms in total. The summed E-state index contributed by atoms with van der Waals surface area (Å²) in [7, 11) is 0. The Kier molecular flexibility index (Phi) is 6.85. The molecule has 0 fully saturated rings. The van der Waals surface area contributed by atoms with Gasteiger partial charge in [0.2, 0.25) is 0 Å². The highest BCUT2D eigenvalue weighted by molar-refractivity contribution is 5.88. The third-order valence-corrected chi connectivity index (χ3v) is 4.93. The number of carbonyl (C=O) groups is 1. The van der Waals surface area contributed by atoms with E-state index in [-0.39, 0.29) is 6.04 Å². The summed E-state index contributed by atoms with van der Waals surface area (Å²) in [6.45, 7) is 4.28. The number of carboxylic acids is 1. The minimum Gasteiger partial charge on any atom is -0.479 e. The van der Waals surface area contributed by atoms with Crippen LogP contribution in [-0.2, 0) is 11.2 Å². The van der Waals surface area contributed by atoms with Crippen LogP contribution >= 0.6 is 0 Å². The molecule has 0 bridgehead atoms. The molecule has 1 aromatic carbocycles. The molecule has 29 heavy (non-hydrogen) atoms. The summed E-state index contributed by atoms with van der Waals surface area (Å²) < 4.78 is 5.70. The summed E-state index contributed by atoms with van der Waals surface area (Å²) in [4.78, 5) is 18.5. The standard InChI is InChI=1S/C22H27N3O4/c1-3-19(22(27)28)29-20-8-4-7-17-16(12-25-21(17)20)10-14(2)24-13-18(26)15-6-5-9-23-11-15/h4-9,11-12,14,18-19,24-26H,3,10,13H2,1-2H3,(H,27,28)/t14-,18-,19?/m1/s1. The zero-order chi connectivity index (χ0) is 20.8. The van der Waals surface area contributed by atoms with E-state index in [1.807, 2.05) is 24.4 Å². The number of aliphatic carboxylic acids is 1. The van der Waals surface area contributed by atoms with Crippen molar-refractivity contribution in [2.24, 2.45) is 0 Å². The largest absolute Gasteiger partial charge is 0.479 e. The predicted molar refractivity (Wildman–Crippen MR) is 111 cm³/mol. The van der Waals surface area contributed by atoms with Gasteiger partial charge in [-0.1, -0.05) is 25.1 Å². The quantitative estimate of drug-likeness (QED) is 0.419. The summed E-state index contributed by atoms with van der Waals surface area (Å²) in [6.07, 6.45) is 4.92. The first-order chi connectivity index (χ1) is 14.0. The molecule has 3 atom stereocenters. The number of aliphatic hydroxyl groups is 1. The number of benzene rings is 1. The van der Waals surface area contributed by atoms with Crippen LogP contribution in [0.4, 0.5) is 0 Å². The van der Waals surface area contributed by atoms with Crippen molar-refractivity contribution < 1.29 is 19.7 Å². The Balaban J connectivity index is 1.66. The molecule has 0 saturated heterocycles. The first-order valence-electron chi connectivity index (χ1n) is 9.79. The lowest BCUT2D eigenvalue weighted by atomic mass is 10.1. The Bertz CT molecular complexity index is 942. The Morgan fingerprint density at radius 3 is 2.83 bits per heavy atom. The second kappa shape index (κ2) is 9.54. The normalized spacial score (nSPS) is 14.4. The zero-order valence-corrected chi connectivity index (χ0v) is 16.6. The number of H-pyrrole nitrogens is 1. The number of hydrogen-bond donors (Lipinski definition) is 4. The van der Waals surface area contributed by atoms with Crippen molar-refractivity contribution in [3.8, 4) is 5.75 Å². The monoisotopic (exact) mass is 397 g/mol. The number of pyridine rings is 1. The van der Waals surface area contributed by atoms with Crippen LogP contribution in [0.2, 0.25) is 0 Å². The number of nitrogens with zero attached hydrogens (tertiary/aromatic N) is 1. The van der Waals surface area contributed by atoms with Crippen molar-refractivity contribution in [2.75, 3.05) is 6.54 Å². The molecule has 0 amide bonds. The maximum absolute atomic E-state index is 11.3. The van der Waals surface area contributed by atoms with Crippen molar-refractivity contribution in [2.45, 2.75) is 44.9 Å². The highest BCUT2D eigenvalue weighted by Crippen LogP contribution is 2.29. The number of fused-ring (bicyclic) bond motifs is 1. The molecule has 0 aliphatic rings. The van der Waals surface area contributed by atoms with Gasteiger partial charge in [-0.3, -0.25) is 4.98 Å². The SMILES string of the molecule is CCC(Oc1cccc2c(C[C@@H](C)NC[C@@H](O)c3cccnc3)c[nH]c12)C(=O)O. The fraction of sp³-hybridized carbons (Fsp3) is 0.364. The molecule has 154 valence electrons. The van der Waals surface area contributed by atoms with E-state index in [0.717, 1.165) is 28.5 Å². The van der Waals surface area contributed by atoms with Crippen LogP contribution in [0, 0.1) is 0 Å². The minimum atomic E-state index is -0.971. The predicted octanol–water partition coefficient (Wildman–Crippen LogP) is 3.06. The molecule has 0 spiro atoms. The van der Waals surface area contributed by atoms with Crippen LogP contribution in [0.25, 0.3) is 10.9 Å². The zero-order valence-electron chi connectivity index (χ0n) is 16.6. The topological polar surface area (TPSA) is 107 Å². The molecule has 0 aliphatic carbocycles. The summed E-state index contributed by atoms with van der Waals surface area (Å²) in [5, 5.41) is 23.9. The third-order valence-electron chi connectivity index (χ3n) is 4.93. The lowest BCUT2D eigenvalue weighted by molar-refractivity contribution is -0.145. The van der Waals surface area contributed by atoms with Crippen LogP contribution in [0.5, 0.6) is 5.75 Å². The number of para-hydroxylation sites is 1. The maximum Gasteiger partial charge on any atom is 0.344 e. The van der Waals surface area contributed by atoms with Crippen LogP contribution in [0.15, 0.2) is 48.9 Å². The van der Waals surface area contributed by atoms with Gasteiger partial charge in [-0.05, 0) is 37.5 Å². The molecule has 7 heteroatoms. The summed E-state index contributed by atoms with van der Waals surface area (Å²) in [6, 6.07) is 9.43. The number of rotatable bonds is 10. The highest BCUT2D eigenvalue weighted by atomic mass is 16.5. The number of ether oxygens (including phenoxy) is 1. The van der Waals surface area contributed by atoms with Gasteiger partial charge < -0.3 is 25.3 Å². The smallest absolute Gasteiger partial charge is 0.344 e. The molecule has 2 aromatic heterocycles. The molecule has 3 rings (SSSR count). The average Bonchev–Trinajstić information content (AvgIpc) is 3.14. The van der Waals surface area contributed by atoms with Crippen molar-refractivity contribution >= 4 is 16.9 Å². The molecule has 3 aromatic rings. The van der Waals surface area contributed by atoms with Gasteiger partial charge in [-0.2, -0.15) is 0 Å².